The Labute approximate surface area is 102 Å². The molecule has 0 atom stereocenters. The van der Waals surface area contributed by atoms with Crippen molar-refractivity contribution in [2.24, 2.45) is 0 Å². The Morgan fingerprint density at radius 1 is 1.38 bits per heavy atom. The van der Waals surface area contributed by atoms with Gasteiger partial charge in [0.25, 0.3) is 0 Å². The molecule has 0 aliphatic carbocycles. The van der Waals surface area contributed by atoms with Crippen molar-refractivity contribution < 1.29 is 4.42 Å². The van der Waals surface area contributed by atoms with E-state index in [2.05, 4.69) is 31.2 Å². The fourth-order valence-electron chi connectivity index (χ4n) is 1.39. The SMILES string of the molecule is Cc1cc(Br)cnc1NCc1ocnc1C. The Kier molecular flexibility index (Phi) is 3.24. The first-order chi connectivity index (χ1) is 7.66. The van der Waals surface area contributed by atoms with Crippen molar-refractivity contribution in [2.45, 2.75) is 20.4 Å². The van der Waals surface area contributed by atoms with E-state index >= 15 is 0 Å². The minimum atomic E-state index is 0.599. The maximum Gasteiger partial charge on any atom is 0.181 e. The van der Waals surface area contributed by atoms with Crippen LogP contribution in [0.4, 0.5) is 5.82 Å². The Balaban J connectivity index is 2.08. The second-order valence-electron chi connectivity index (χ2n) is 3.53. The van der Waals surface area contributed by atoms with Gasteiger partial charge in [0, 0.05) is 10.7 Å². The van der Waals surface area contributed by atoms with Crippen LogP contribution >= 0.6 is 15.9 Å². The number of oxazole rings is 1. The molecule has 4 nitrogen and oxygen atoms in total. The van der Waals surface area contributed by atoms with Gasteiger partial charge >= 0.3 is 0 Å². The van der Waals surface area contributed by atoms with Gasteiger partial charge in [0.05, 0.1) is 12.2 Å². The van der Waals surface area contributed by atoms with E-state index in [-0.39, 0.29) is 0 Å². The molecule has 2 rings (SSSR count). The standard InChI is InChI=1S/C11H12BrN3O/c1-7-3-9(12)4-13-11(7)14-5-10-8(2)15-6-16-10/h3-4,6H,5H2,1-2H3,(H,13,14). The van der Waals surface area contributed by atoms with Gasteiger partial charge in [-0.3, -0.25) is 0 Å². The number of aryl methyl sites for hydroxylation is 2. The number of nitrogens with one attached hydrogen (secondary N) is 1. The van der Waals surface area contributed by atoms with Crippen LogP contribution in [-0.2, 0) is 6.54 Å². The van der Waals surface area contributed by atoms with Crippen molar-refractivity contribution in [2.75, 3.05) is 5.32 Å². The molecule has 0 spiro atoms. The van der Waals surface area contributed by atoms with E-state index in [4.69, 9.17) is 4.42 Å². The van der Waals surface area contributed by atoms with Crippen LogP contribution < -0.4 is 5.32 Å². The van der Waals surface area contributed by atoms with Crippen molar-refractivity contribution in [3.63, 3.8) is 0 Å². The van der Waals surface area contributed by atoms with Gasteiger partial charge in [-0.25, -0.2) is 9.97 Å². The Hall–Kier alpha value is -1.36. The largest absolute Gasteiger partial charge is 0.446 e. The molecule has 0 aliphatic rings. The molecule has 2 heterocycles. The summed E-state index contributed by atoms with van der Waals surface area (Å²) < 4.78 is 6.22. The quantitative estimate of drug-likeness (QED) is 0.940. The Morgan fingerprint density at radius 3 is 2.81 bits per heavy atom. The molecule has 5 heteroatoms. The predicted molar refractivity (Wildman–Crippen MR) is 65.2 cm³/mol. The van der Waals surface area contributed by atoms with Gasteiger partial charge in [-0.05, 0) is 41.4 Å². The Bertz CT molecular complexity index is 496. The molecular weight excluding hydrogens is 270 g/mol. The van der Waals surface area contributed by atoms with E-state index in [1.54, 1.807) is 6.20 Å². The van der Waals surface area contributed by atoms with Crippen molar-refractivity contribution in [1.82, 2.24) is 9.97 Å². The highest BCUT2D eigenvalue weighted by Gasteiger charge is 2.05. The molecule has 2 aromatic heterocycles. The van der Waals surface area contributed by atoms with Crippen LogP contribution in [0.5, 0.6) is 0 Å². The first kappa shape index (κ1) is 11.1. The molecule has 0 bridgehead atoms. The number of aromatic nitrogens is 2. The summed E-state index contributed by atoms with van der Waals surface area (Å²) in [5.74, 6) is 1.70. The van der Waals surface area contributed by atoms with E-state index in [0.717, 1.165) is 27.3 Å². The van der Waals surface area contributed by atoms with Gasteiger partial charge in [0.15, 0.2) is 6.39 Å². The lowest BCUT2D eigenvalue weighted by Gasteiger charge is -2.07. The third-order valence-corrected chi connectivity index (χ3v) is 2.74. The normalized spacial score (nSPS) is 10.4. The number of nitrogens with zero attached hydrogens (tertiary/aromatic N) is 2. The topological polar surface area (TPSA) is 51.0 Å². The van der Waals surface area contributed by atoms with Crippen molar-refractivity contribution >= 4 is 21.7 Å². The number of hydrogen-bond donors (Lipinski definition) is 1. The van der Waals surface area contributed by atoms with Crippen LogP contribution in [0.15, 0.2) is 27.5 Å². The lowest BCUT2D eigenvalue weighted by molar-refractivity contribution is 0.509. The summed E-state index contributed by atoms with van der Waals surface area (Å²) in [5, 5.41) is 3.22. The average Bonchev–Trinajstić information content (AvgIpc) is 2.63. The molecular formula is C11H12BrN3O. The van der Waals surface area contributed by atoms with Crippen LogP contribution in [0.1, 0.15) is 17.0 Å². The van der Waals surface area contributed by atoms with E-state index in [1.807, 2.05) is 19.9 Å². The lowest BCUT2D eigenvalue weighted by Crippen LogP contribution is -2.03. The van der Waals surface area contributed by atoms with Crippen LogP contribution in [0, 0.1) is 13.8 Å². The highest BCUT2D eigenvalue weighted by molar-refractivity contribution is 9.10. The average molecular weight is 282 g/mol. The second-order valence-corrected chi connectivity index (χ2v) is 4.45. The van der Waals surface area contributed by atoms with Gasteiger partial charge in [-0.1, -0.05) is 0 Å². The summed E-state index contributed by atoms with van der Waals surface area (Å²) in [4.78, 5) is 8.32. The number of hydrogen-bond acceptors (Lipinski definition) is 4. The molecule has 84 valence electrons. The summed E-state index contributed by atoms with van der Waals surface area (Å²) in [6.07, 6.45) is 3.22. The first-order valence-corrected chi connectivity index (χ1v) is 5.71. The molecule has 0 saturated carbocycles. The molecule has 0 amide bonds. The molecule has 1 N–H and O–H groups in total. The molecule has 0 fully saturated rings. The van der Waals surface area contributed by atoms with Gasteiger partial charge in [-0.2, -0.15) is 0 Å². The summed E-state index contributed by atoms with van der Waals surface area (Å²) in [6, 6.07) is 2.02. The maximum absolute atomic E-state index is 5.24. The molecule has 16 heavy (non-hydrogen) atoms. The molecule has 0 radical (unpaired) electrons. The van der Waals surface area contributed by atoms with Crippen LogP contribution in [0.2, 0.25) is 0 Å². The van der Waals surface area contributed by atoms with Gasteiger partial charge < -0.3 is 9.73 Å². The molecule has 0 aromatic carbocycles. The number of anilines is 1. The van der Waals surface area contributed by atoms with E-state index < -0.39 is 0 Å². The third-order valence-electron chi connectivity index (χ3n) is 2.31. The fraction of sp³-hybridized carbons (Fsp3) is 0.273. The zero-order valence-corrected chi connectivity index (χ0v) is 10.7. The highest BCUT2D eigenvalue weighted by atomic mass is 79.9. The van der Waals surface area contributed by atoms with Crippen molar-refractivity contribution in [3.8, 4) is 0 Å². The first-order valence-electron chi connectivity index (χ1n) is 4.92. The highest BCUT2D eigenvalue weighted by Crippen LogP contribution is 2.17. The number of halogens is 1. The van der Waals surface area contributed by atoms with Crippen LogP contribution in [-0.4, -0.2) is 9.97 Å². The monoisotopic (exact) mass is 281 g/mol. The fourth-order valence-corrected chi connectivity index (χ4v) is 1.83. The summed E-state index contributed by atoms with van der Waals surface area (Å²) in [6.45, 7) is 4.52. The van der Waals surface area contributed by atoms with E-state index in [0.29, 0.717) is 6.54 Å². The third kappa shape index (κ3) is 2.41. The van der Waals surface area contributed by atoms with Gasteiger partial charge in [0.1, 0.15) is 11.6 Å². The zero-order chi connectivity index (χ0) is 11.5. The minimum absolute atomic E-state index is 0.599. The second kappa shape index (κ2) is 4.65. The Morgan fingerprint density at radius 2 is 2.19 bits per heavy atom. The molecule has 0 unspecified atom stereocenters. The van der Waals surface area contributed by atoms with E-state index in [9.17, 15) is 0 Å². The summed E-state index contributed by atoms with van der Waals surface area (Å²) in [7, 11) is 0. The minimum Gasteiger partial charge on any atom is -0.446 e. The van der Waals surface area contributed by atoms with Crippen LogP contribution in [0.3, 0.4) is 0 Å². The predicted octanol–water partition coefficient (Wildman–Crippen LogP) is 3.06. The smallest absolute Gasteiger partial charge is 0.181 e. The van der Waals surface area contributed by atoms with Gasteiger partial charge in [-0.15, -0.1) is 0 Å². The summed E-state index contributed by atoms with van der Waals surface area (Å²) >= 11 is 3.38. The van der Waals surface area contributed by atoms with E-state index in [1.165, 1.54) is 6.39 Å². The number of rotatable bonds is 3. The lowest BCUT2D eigenvalue weighted by atomic mass is 10.3. The molecule has 2 aromatic rings. The van der Waals surface area contributed by atoms with Gasteiger partial charge in [0.2, 0.25) is 0 Å². The van der Waals surface area contributed by atoms with Crippen molar-refractivity contribution in [1.29, 1.82) is 0 Å². The number of pyridine rings is 1. The summed E-state index contributed by atoms with van der Waals surface area (Å²) in [5.41, 5.74) is 1.99. The van der Waals surface area contributed by atoms with Crippen molar-refractivity contribution in [3.05, 3.63) is 40.1 Å². The maximum atomic E-state index is 5.24. The van der Waals surface area contributed by atoms with Crippen LogP contribution in [0.25, 0.3) is 0 Å². The molecule has 0 aliphatic heterocycles. The molecule has 0 saturated heterocycles. The zero-order valence-electron chi connectivity index (χ0n) is 9.12.